The van der Waals surface area contributed by atoms with Crippen LogP contribution in [0, 0.1) is 0 Å². The number of carbonyl (C=O) groups excluding carboxylic acids is 1. The molecule has 0 radical (unpaired) electrons. The summed E-state index contributed by atoms with van der Waals surface area (Å²) in [5, 5.41) is 3.66. The van der Waals surface area contributed by atoms with Gasteiger partial charge in [0.05, 0.1) is 11.7 Å². The zero-order valence-corrected chi connectivity index (χ0v) is 16.2. The zero-order valence-electron chi connectivity index (χ0n) is 15.4. The SMILES string of the molecule is O=C(CC1CSc2nc3c(c(=O)n21)CCCC3)Nc1ccc2c(c1)OCCO2. The van der Waals surface area contributed by atoms with Gasteiger partial charge in [0.1, 0.15) is 13.2 Å². The first kappa shape index (κ1) is 17.6. The van der Waals surface area contributed by atoms with Crippen LogP contribution in [-0.4, -0.2) is 34.4 Å². The number of ether oxygens (including phenoxy) is 2. The van der Waals surface area contributed by atoms with Crippen molar-refractivity contribution in [3.63, 3.8) is 0 Å². The lowest BCUT2D eigenvalue weighted by atomic mass is 9.97. The van der Waals surface area contributed by atoms with E-state index in [-0.39, 0.29) is 23.9 Å². The third kappa shape index (κ3) is 3.15. The molecule has 3 aliphatic rings. The summed E-state index contributed by atoms with van der Waals surface area (Å²) in [6.07, 6.45) is 4.05. The molecule has 2 aliphatic heterocycles. The van der Waals surface area contributed by atoms with Crippen molar-refractivity contribution in [1.29, 1.82) is 0 Å². The molecule has 0 bridgehead atoms. The van der Waals surface area contributed by atoms with Gasteiger partial charge in [0.15, 0.2) is 16.7 Å². The first-order valence-electron chi connectivity index (χ1n) is 9.65. The Labute approximate surface area is 166 Å². The fourth-order valence-electron chi connectivity index (χ4n) is 4.01. The number of fused-ring (bicyclic) bond motifs is 3. The minimum Gasteiger partial charge on any atom is -0.486 e. The van der Waals surface area contributed by atoms with Crippen molar-refractivity contribution in [2.24, 2.45) is 0 Å². The van der Waals surface area contributed by atoms with E-state index in [0.29, 0.717) is 36.2 Å². The maximum atomic E-state index is 13.0. The van der Waals surface area contributed by atoms with Crippen molar-refractivity contribution in [3.8, 4) is 11.5 Å². The summed E-state index contributed by atoms with van der Waals surface area (Å²) in [6, 6.07) is 5.20. The van der Waals surface area contributed by atoms with Gasteiger partial charge < -0.3 is 14.8 Å². The standard InChI is InChI=1S/C20H21N3O4S/c24-18(21-12-5-6-16-17(9-12)27-8-7-26-16)10-13-11-28-20-22-15-4-2-1-3-14(15)19(25)23(13)20/h5-6,9,13H,1-4,7-8,10-11H2,(H,21,24). The van der Waals surface area contributed by atoms with E-state index in [2.05, 4.69) is 5.32 Å². The number of amides is 1. The van der Waals surface area contributed by atoms with Crippen LogP contribution >= 0.6 is 11.8 Å². The second kappa shape index (κ2) is 7.16. The number of rotatable bonds is 3. The summed E-state index contributed by atoms with van der Waals surface area (Å²) in [5.74, 6) is 1.89. The van der Waals surface area contributed by atoms with Gasteiger partial charge >= 0.3 is 0 Å². The number of thioether (sulfide) groups is 1. The van der Waals surface area contributed by atoms with Crippen molar-refractivity contribution >= 4 is 23.4 Å². The van der Waals surface area contributed by atoms with E-state index in [1.54, 1.807) is 34.5 Å². The van der Waals surface area contributed by atoms with Gasteiger partial charge in [0.2, 0.25) is 5.91 Å². The van der Waals surface area contributed by atoms with Gasteiger partial charge in [0.25, 0.3) is 5.56 Å². The average molecular weight is 399 g/mol. The van der Waals surface area contributed by atoms with Crippen LogP contribution in [0.5, 0.6) is 11.5 Å². The summed E-state index contributed by atoms with van der Waals surface area (Å²) >= 11 is 1.57. The second-order valence-electron chi connectivity index (χ2n) is 7.28. The van der Waals surface area contributed by atoms with Gasteiger partial charge in [-0.3, -0.25) is 14.2 Å². The van der Waals surface area contributed by atoms with Crippen LogP contribution in [0.4, 0.5) is 5.69 Å². The maximum Gasteiger partial charge on any atom is 0.257 e. The highest BCUT2D eigenvalue weighted by atomic mass is 32.2. The van der Waals surface area contributed by atoms with E-state index in [1.807, 2.05) is 0 Å². The lowest BCUT2D eigenvalue weighted by Gasteiger charge is -2.20. The summed E-state index contributed by atoms with van der Waals surface area (Å²) in [4.78, 5) is 30.3. The lowest BCUT2D eigenvalue weighted by Crippen LogP contribution is -2.32. The average Bonchev–Trinajstić information content (AvgIpc) is 3.10. The van der Waals surface area contributed by atoms with Gasteiger partial charge in [0, 0.05) is 29.5 Å². The largest absolute Gasteiger partial charge is 0.486 e. The van der Waals surface area contributed by atoms with E-state index >= 15 is 0 Å². The quantitative estimate of drug-likeness (QED) is 0.799. The van der Waals surface area contributed by atoms with Crippen LogP contribution in [0.1, 0.15) is 36.6 Å². The van der Waals surface area contributed by atoms with E-state index < -0.39 is 0 Å². The normalized spacial score (nSPS) is 19.6. The number of hydrogen-bond acceptors (Lipinski definition) is 6. The minimum absolute atomic E-state index is 0.0434. The molecule has 0 fully saturated rings. The molecule has 1 atom stereocenters. The Bertz CT molecular complexity index is 1000. The first-order valence-corrected chi connectivity index (χ1v) is 10.6. The van der Waals surface area contributed by atoms with E-state index in [4.69, 9.17) is 14.5 Å². The summed E-state index contributed by atoms with van der Waals surface area (Å²) in [7, 11) is 0. The molecular weight excluding hydrogens is 378 g/mol. The Morgan fingerprint density at radius 1 is 1.21 bits per heavy atom. The van der Waals surface area contributed by atoms with Crippen molar-refractivity contribution < 1.29 is 14.3 Å². The van der Waals surface area contributed by atoms with Crippen LogP contribution in [0.2, 0.25) is 0 Å². The van der Waals surface area contributed by atoms with Crippen LogP contribution < -0.4 is 20.3 Å². The highest BCUT2D eigenvalue weighted by Gasteiger charge is 2.30. The zero-order chi connectivity index (χ0) is 19.1. The van der Waals surface area contributed by atoms with Crippen LogP contribution in [-0.2, 0) is 17.6 Å². The van der Waals surface area contributed by atoms with Crippen molar-refractivity contribution in [3.05, 3.63) is 39.8 Å². The van der Waals surface area contributed by atoms with Gasteiger partial charge in [-0.2, -0.15) is 0 Å². The number of aryl methyl sites for hydroxylation is 1. The van der Waals surface area contributed by atoms with E-state index in [9.17, 15) is 9.59 Å². The number of carbonyl (C=O) groups is 1. The van der Waals surface area contributed by atoms with Crippen LogP contribution in [0.3, 0.4) is 0 Å². The number of nitrogens with one attached hydrogen (secondary N) is 1. The molecule has 1 aromatic carbocycles. The molecule has 1 amide bonds. The highest BCUT2D eigenvalue weighted by Crippen LogP contribution is 2.35. The maximum absolute atomic E-state index is 13.0. The first-order chi connectivity index (χ1) is 13.7. The van der Waals surface area contributed by atoms with E-state index in [1.165, 1.54) is 0 Å². The third-order valence-corrected chi connectivity index (χ3v) is 6.47. The minimum atomic E-state index is -0.163. The Morgan fingerprint density at radius 2 is 2.04 bits per heavy atom. The molecule has 8 heteroatoms. The summed E-state index contributed by atoms with van der Waals surface area (Å²) in [6.45, 7) is 1.03. The highest BCUT2D eigenvalue weighted by molar-refractivity contribution is 7.99. The lowest BCUT2D eigenvalue weighted by molar-refractivity contribution is -0.116. The van der Waals surface area contributed by atoms with Crippen LogP contribution in [0.15, 0.2) is 28.2 Å². The molecule has 5 rings (SSSR count). The van der Waals surface area contributed by atoms with Gasteiger partial charge in [-0.05, 0) is 37.8 Å². The molecule has 1 unspecified atom stereocenters. The molecule has 1 aromatic heterocycles. The van der Waals surface area contributed by atoms with Gasteiger partial charge in [-0.1, -0.05) is 11.8 Å². The number of benzene rings is 1. The smallest absolute Gasteiger partial charge is 0.257 e. The fraction of sp³-hybridized carbons (Fsp3) is 0.450. The topological polar surface area (TPSA) is 82.5 Å². The van der Waals surface area contributed by atoms with Gasteiger partial charge in [-0.15, -0.1) is 0 Å². The molecule has 0 saturated heterocycles. The van der Waals surface area contributed by atoms with Crippen molar-refractivity contribution in [1.82, 2.24) is 9.55 Å². The number of nitrogens with zero attached hydrogens (tertiary/aromatic N) is 2. The Kier molecular flexibility index (Phi) is 4.50. The van der Waals surface area contributed by atoms with Gasteiger partial charge in [-0.25, -0.2) is 4.98 Å². The monoisotopic (exact) mass is 399 g/mol. The molecule has 0 saturated carbocycles. The molecule has 28 heavy (non-hydrogen) atoms. The molecular formula is C20H21N3O4S. The summed E-state index contributed by atoms with van der Waals surface area (Å²) in [5.41, 5.74) is 2.50. The van der Waals surface area contributed by atoms with Crippen molar-refractivity contribution in [2.75, 3.05) is 24.3 Å². The van der Waals surface area contributed by atoms with E-state index in [0.717, 1.165) is 42.1 Å². The third-order valence-electron chi connectivity index (χ3n) is 5.37. The molecule has 1 aliphatic carbocycles. The second-order valence-corrected chi connectivity index (χ2v) is 8.26. The van der Waals surface area contributed by atoms with Crippen molar-refractivity contribution in [2.45, 2.75) is 43.3 Å². The fourth-order valence-corrected chi connectivity index (χ4v) is 5.17. The molecule has 2 aromatic rings. The number of hydrogen-bond donors (Lipinski definition) is 1. The number of aromatic nitrogens is 2. The molecule has 1 N–H and O–H groups in total. The molecule has 146 valence electrons. The molecule has 3 heterocycles. The Balaban J connectivity index is 1.33. The van der Waals surface area contributed by atoms with Crippen LogP contribution in [0.25, 0.3) is 0 Å². The Morgan fingerprint density at radius 3 is 2.93 bits per heavy atom. The summed E-state index contributed by atoms with van der Waals surface area (Å²) < 4.78 is 12.8. The predicted molar refractivity (Wildman–Crippen MR) is 106 cm³/mol. The Hall–Kier alpha value is -2.48. The molecule has 0 spiro atoms. The predicted octanol–water partition coefficient (Wildman–Crippen LogP) is 2.57. The molecule has 7 nitrogen and oxygen atoms in total. The number of anilines is 1.